The first kappa shape index (κ1) is 24.5. The largest absolute Gasteiger partial charge is 0.481 e. The Kier molecular flexibility index (Phi) is 5.95. The Morgan fingerprint density at radius 2 is 1.88 bits per heavy atom. The van der Waals surface area contributed by atoms with Crippen molar-refractivity contribution in [1.82, 2.24) is 0 Å². The molecule has 0 aromatic heterocycles. The Hall–Kier alpha value is -2.61. The van der Waals surface area contributed by atoms with E-state index in [-0.39, 0.29) is 42.2 Å². The van der Waals surface area contributed by atoms with Crippen molar-refractivity contribution >= 4 is 29.3 Å². The first-order valence-electron chi connectivity index (χ1n) is 11.9. The van der Waals surface area contributed by atoms with Crippen molar-refractivity contribution in [3.63, 3.8) is 0 Å². The molecule has 4 aliphatic carbocycles. The average Bonchev–Trinajstić information content (AvgIpc) is 2.97. The van der Waals surface area contributed by atoms with Gasteiger partial charge in [0.05, 0.1) is 12.8 Å². The monoisotopic (exact) mass is 472 g/mol. The van der Waals surface area contributed by atoms with Gasteiger partial charge in [-0.2, -0.15) is 0 Å². The molecule has 0 saturated heterocycles. The molecule has 0 bridgehead atoms. The summed E-state index contributed by atoms with van der Waals surface area (Å²) < 4.78 is 4.99. The molecule has 0 aromatic carbocycles. The number of hydrogen-bond donors (Lipinski definition) is 2. The molecular weight excluding hydrogens is 440 g/mol. The summed E-state index contributed by atoms with van der Waals surface area (Å²) in [6.45, 7) is 4.94. The molecule has 2 N–H and O–H groups in total. The first-order chi connectivity index (χ1) is 15.8. The van der Waals surface area contributed by atoms with Gasteiger partial charge in [0.2, 0.25) is 5.78 Å². The van der Waals surface area contributed by atoms with Crippen LogP contribution in [0.2, 0.25) is 0 Å². The van der Waals surface area contributed by atoms with Crippen molar-refractivity contribution in [2.24, 2.45) is 34.5 Å². The minimum Gasteiger partial charge on any atom is -0.481 e. The molecule has 3 fully saturated rings. The topological polar surface area (TPSA) is 135 Å². The fraction of sp³-hybridized carbons (Fsp3) is 0.654. The number of aliphatic hydroxyl groups is 1. The normalized spacial score (nSPS) is 40.6. The Bertz CT molecular complexity index is 1020. The van der Waals surface area contributed by atoms with Gasteiger partial charge in [-0.1, -0.05) is 32.4 Å². The van der Waals surface area contributed by atoms with Crippen LogP contribution in [0.15, 0.2) is 23.8 Å². The summed E-state index contributed by atoms with van der Waals surface area (Å²) in [5.41, 5.74) is -2.39. The van der Waals surface area contributed by atoms with E-state index in [4.69, 9.17) is 9.84 Å². The van der Waals surface area contributed by atoms with E-state index in [0.29, 0.717) is 19.3 Å². The second-order valence-corrected chi connectivity index (χ2v) is 10.9. The van der Waals surface area contributed by atoms with Crippen LogP contribution in [-0.4, -0.2) is 51.7 Å². The van der Waals surface area contributed by atoms with E-state index >= 15 is 0 Å². The molecule has 34 heavy (non-hydrogen) atoms. The second kappa shape index (κ2) is 8.26. The Labute approximate surface area is 198 Å². The maximum absolute atomic E-state index is 13.6. The van der Waals surface area contributed by atoms with Gasteiger partial charge in [0.15, 0.2) is 12.4 Å². The predicted molar refractivity (Wildman–Crippen MR) is 119 cm³/mol. The van der Waals surface area contributed by atoms with Gasteiger partial charge in [0.25, 0.3) is 0 Å². The number of esters is 1. The number of fused-ring (bicyclic) bond motifs is 5. The predicted octanol–water partition coefficient (Wildman–Crippen LogP) is 2.43. The number of ether oxygens (including phenoxy) is 1. The van der Waals surface area contributed by atoms with Crippen LogP contribution >= 0.6 is 0 Å². The molecule has 3 saturated carbocycles. The van der Waals surface area contributed by atoms with Gasteiger partial charge in [-0.05, 0) is 49.2 Å². The van der Waals surface area contributed by atoms with Gasteiger partial charge in [-0.25, -0.2) is 0 Å². The molecule has 0 aromatic rings. The third-order valence-corrected chi connectivity index (χ3v) is 9.17. The summed E-state index contributed by atoms with van der Waals surface area (Å²) in [4.78, 5) is 61.3. The molecule has 0 radical (unpaired) electrons. The van der Waals surface area contributed by atoms with Crippen molar-refractivity contribution in [3.8, 4) is 0 Å². The lowest BCUT2D eigenvalue weighted by atomic mass is 9.46. The second-order valence-electron chi connectivity index (χ2n) is 10.9. The van der Waals surface area contributed by atoms with Gasteiger partial charge in [-0.3, -0.25) is 24.0 Å². The number of carboxylic acid groups (broad SMARTS) is 1. The third kappa shape index (κ3) is 3.49. The van der Waals surface area contributed by atoms with Crippen LogP contribution < -0.4 is 0 Å². The lowest BCUT2D eigenvalue weighted by Crippen LogP contribution is -2.62. The smallest absolute Gasteiger partial charge is 0.306 e. The number of allylic oxidation sites excluding steroid dienone is 4. The average molecular weight is 473 g/mol. The number of carboxylic acids is 1. The molecule has 4 aliphatic rings. The van der Waals surface area contributed by atoms with Gasteiger partial charge in [0, 0.05) is 23.2 Å². The van der Waals surface area contributed by atoms with Crippen molar-refractivity contribution in [3.05, 3.63) is 23.8 Å². The van der Waals surface area contributed by atoms with E-state index in [0.717, 1.165) is 5.57 Å². The summed E-state index contributed by atoms with van der Waals surface area (Å²) in [6.07, 6.45) is 6.27. The number of carbonyl (C=O) groups excluding carboxylic acids is 4. The molecule has 4 rings (SSSR count). The number of rotatable bonds is 6. The molecule has 0 amide bonds. The molecule has 0 unspecified atom stereocenters. The number of carbonyl (C=O) groups is 5. The molecule has 0 heterocycles. The maximum atomic E-state index is 13.6. The summed E-state index contributed by atoms with van der Waals surface area (Å²) in [7, 11) is 0. The molecular formula is C26H32O8. The number of aliphatic carboxylic acids is 1. The Balaban J connectivity index is 1.58. The van der Waals surface area contributed by atoms with E-state index in [1.807, 2.05) is 13.0 Å². The van der Waals surface area contributed by atoms with Crippen LogP contribution in [0.5, 0.6) is 0 Å². The van der Waals surface area contributed by atoms with Crippen LogP contribution in [0.3, 0.4) is 0 Å². The Morgan fingerprint density at radius 1 is 1.18 bits per heavy atom. The zero-order valence-electron chi connectivity index (χ0n) is 19.8. The highest BCUT2D eigenvalue weighted by Gasteiger charge is 2.70. The quantitative estimate of drug-likeness (QED) is 0.563. The minimum atomic E-state index is -1.83. The highest BCUT2D eigenvalue weighted by atomic mass is 16.5. The fourth-order valence-electron chi connectivity index (χ4n) is 7.50. The third-order valence-electron chi connectivity index (χ3n) is 9.17. The fourth-order valence-corrected chi connectivity index (χ4v) is 7.50. The summed E-state index contributed by atoms with van der Waals surface area (Å²) >= 11 is 0. The van der Waals surface area contributed by atoms with Gasteiger partial charge < -0.3 is 14.9 Å². The summed E-state index contributed by atoms with van der Waals surface area (Å²) in [5.74, 6) is -3.55. The lowest BCUT2D eigenvalue weighted by molar-refractivity contribution is -0.176. The van der Waals surface area contributed by atoms with Crippen molar-refractivity contribution in [2.75, 3.05) is 6.61 Å². The van der Waals surface area contributed by atoms with Crippen LogP contribution in [0.4, 0.5) is 0 Å². The maximum Gasteiger partial charge on any atom is 0.306 e. The molecule has 184 valence electrons. The molecule has 8 nitrogen and oxygen atoms in total. The number of hydrogen-bond acceptors (Lipinski definition) is 7. The van der Waals surface area contributed by atoms with E-state index in [9.17, 15) is 29.1 Å². The lowest BCUT2D eigenvalue weighted by Gasteiger charge is -2.56. The molecule has 0 spiro atoms. The first-order valence-corrected chi connectivity index (χ1v) is 11.9. The van der Waals surface area contributed by atoms with Crippen LogP contribution in [0, 0.1) is 34.5 Å². The molecule has 8 heteroatoms. The van der Waals surface area contributed by atoms with E-state index in [1.165, 1.54) is 6.08 Å². The number of Topliss-reactive ketones (excluding diaryl/α,β-unsaturated/α-hetero) is 2. The Morgan fingerprint density at radius 3 is 2.56 bits per heavy atom. The zero-order chi connectivity index (χ0) is 25.1. The standard InChI is InChI=1S/C26H32O8/c1-14-10-18-17-5-4-15-11-16(27)8-9-24(15,2)23(17)19(28)12-25(18,3)26(14,33)20(29)13-34-22(32)7-6-21(30)31/h8-9,11,14,17-18,23,33H,4-7,10,12-13H2,1-3H3,(H,30,31)/t14-,17-,18-,23+,24-,25-,26-/m0/s1. The van der Waals surface area contributed by atoms with Crippen LogP contribution in [-0.2, 0) is 28.7 Å². The van der Waals surface area contributed by atoms with Crippen molar-refractivity contribution in [1.29, 1.82) is 0 Å². The summed E-state index contributed by atoms with van der Waals surface area (Å²) in [6, 6.07) is 0. The van der Waals surface area contributed by atoms with Gasteiger partial charge >= 0.3 is 11.9 Å². The van der Waals surface area contributed by atoms with E-state index < -0.39 is 53.1 Å². The minimum absolute atomic E-state index is 0.0189. The zero-order valence-corrected chi connectivity index (χ0v) is 19.8. The highest BCUT2D eigenvalue weighted by Crippen LogP contribution is 2.67. The molecule has 7 atom stereocenters. The van der Waals surface area contributed by atoms with Crippen molar-refractivity contribution < 1.29 is 38.9 Å². The van der Waals surface area contributed by atoms with Crippen LogP contribution in [0.1, 0.15) is 59.3 Å². The van der Waals surface area contributed by atoms with Crippen molar-refractivity contribution in [2.45, 2.75) is 64.9 Å². The van der Waals surface area contributed by atoms with Crippen LogP contribution in [0.25, 0.3) is 0 Å². The summed E-state index contributed by atoms with van der Waals surface area (Å²) in [5, 5.41) is 20.5. The van der Waals surface area contributed by atoms with Gasteiger partial charge in [-0.15, -0.1) is 0 Å². The SMILES string of the molecule is C[C@H]1C[C@H]2[C@@H]3CCC4=CC(=O)C=C[C@]4(C)[C@H]3C(=O)C[C@]2(C)[C@@]1(O)C(=O)COC(=O)CCC(=O)O. The van der Waals surface area contributed by atoms with Gasteiger partial charge in [0.1, 0.15) is 11.4 Å². The highest BCUT2D eigenvalue weighted by molar-refractivity contribution is 6.02. The molecule has 0 aliphatic heterocycles. The van der Waals surface area contributed by atoms with E-state index in [2.05, 4.69) is 0 Å². The van der Waals surface area contributed by atoms with E-state index in [1.54, 1.807) is 19.9 Å². The number of ketones is 3.